The summed E-state index contributed by atoms with van der Waals surface area (Å²) in [6.45, 7) is 0.270. The molecule has 2 aromatic carbocycles. The Labute approximate surface area is 190 Å². The highest BCUT2D eigenvalue weighted by Gasteiger charge is 2.10. The number of allylic oxidation sites excluding steroid dienone is 1. The van der Waals surface area contributed by atoms with Gasteiger partial charge in [0, 0.05) is 14.5 Å². The zero-order valence-electron chi connectivity index (χ0n) is 13.7. The van der Waals surface area contributed by atoms with Gasteiger partial charge in [-0.25, -0.2) is 0 Å². The summed E-state index contributed by atoms with van der Waals surface area (Å²) in [6.07, 6.45) is 3.14. The highest BCUT2D eigenvalue weighted by molar-refractivity contribution is 9.11. The molecule has 3 rings (SSSR count). The van der Waals surface area contributed by atoms with E-state index in [1.807, 2.05) is 30.3 Å². The van der Waals surface area contributed by atoms with Gasteiger partial charge in [-0.1, -0.05) is 44.0 Å². The highest BCUT2D eigenvalue weighted by Crippen LogP contribution is 2.36. The van der Waals surface area contributed by atoms with Crippen molar-refractivity contribution in [2.45, 2.75) is 6.61 Å². The molecule has 7 heteroatoms. The van der Waals surface area contributed by atoms with E-state index in [1.165, 1.54) is 6.08 Å². The largest absolute Gasteiger partial charge is 0.483 e. The molecule has 0 aliphatic heterocycles. The molecule has 0 fully saturated rings. The van der Waals surface area contributed by atoms with Gasteiger partial charge in [0.15, 0.2) is 5.78 Å². The maximum Gasteiger partial charge on any atom is 0.186 e. The molecule has 0 radical (unpaired) electrons. The molecule has 3 nitrogen and oxygen atoms in total. The molecule has 0 unspecified atom stereocenters. The second-order valence-corrected chi connectivity index (χ2v) is 9.04. The van der Waals surface area contributed by atoms with Crippen LogP contribution in [0.5, 0.6) is 5.75 Å². The molecule has 0 amide bonds. The zero-order chi connectivity index (χ0) is 19.4. The summed E-state index contributed by atoms with van der Waals surface area (Å²) >= 11 is 13.7. The van der Waals surface area contributed by atoms with Gasteiger partial charge in [0.2, 0.25) is 0 Å². The molecule has 3 aromatic rings. The number of carbonyl (C=O) groups excluding carboxylic acids is 1. The third-order valence-corrected chi connectivity index (χ3v) is 5.64. The van der Waals surface area contributed by atoms with E-state index < -0.39 is 0 Å². The number of carbonyl (C=O) groups is 1. The number of benzene rings is 2. The minimum atomic E-state index is -0.0896. The van der Waals surface area contributed by atoms with Gasteiger partial charge in [-0.05, 0) is 80.4 Å². The zero-order valence-corrected chi connectivity index (χ0v) is 20.1. The molecule has 0 atom stereocenters. The van der Waals surface area contributed by atoms with Crippen molar-refractivity contribution in [3.63, 3.8) is 0 Å². The summed E-state index contributed by atoms with van der Waals surface area (Å²) in [5.41, 5.74) is 0.612. The predicted octanol–water partition coefficient (Wildman–Crippen LogP) is 7.80. The van der Waals surface area contributed by atoms with Gasteiger partial charge in [0.1, 0.15) is 23.9 Å². The molecular formula is C20H12Br4O3. The van der Waals surface area contributed by atoms with E-state index >= 15 is 0 Å². The molecule has 0 N–H and O–H groups in total. The van der Waals surface area contributed by atoms with Crippen LogP contribution in [0, 0.1) is 0 Å². The lowest BCUT2D eigenvalue weighted by molar-refractivity contribution is 0.104. The van der Waals surface area contributed by atoms with Gasteiger partial charge in [-0.3, -0.25) is 4.79 Å². The summed E-state index contributed by atoms with van der Waals surface area (Å²) in [6, 6.07) is 14.7. The molecule has 0 aliphatic rings. The quantitative estimate of drug-likeness (QED) is 0.209. The Morgan fingerprint density at radius 2 is 1.70 bits per heavy atom. The van der Waals surface area contributed by atoms with E-state index in [2.05, 4.69) is 63.7 Å². The van der Waals surface area contributed by atoms with E-state index in [0.29, 0.717) is 22.8 Å². The summed E-state index contributed by atoms with van der Waals surface area (Å²) < 4.78 is 15.0. The van der Waals surface area contributed by atoms with Crippen molar-refractivity contribution in [2.75, 3.05) is 0 Å². The number of hydrogen-bond acceptors (Lipinski definition) is 3. The normalized spacial score (nSPS) is 11.1. The molecule has 138 valence electrons. The molecule has 0 bridgehead atoms. The van der Waals surface area contributed by atoms with Crippen molar-refractivity contribution < 1.29 is 13.9 Å². The smallest absolute Gasteiger partial charge is 0.186 e. The van der Waals surface area contributed by atoms with Crippen molar-refractivity contribution in [1.82, 2.24) is 0 Å². The van der Waals surface area contributed by atoms with E-state index in [1.54, 1.807) is 24.3 Å². The molecule has 0 spiro atoms. The van der Waals surface area contributed by atoms with Gasteiger partial charge in [0.05, 0.1) is 8.95 Å². The molecule has 1 heterocycles. The lowest BCUT2D eigenvalue weighted by Crippen LogP contribution is -1.95. The van der Waals surface area contributed by atoms with Crippen LogP contribution >= 0.6 is 63.7 Å². The monoisotopic (exact) mass is 616 g/mol. The van der Waals surface area contributed by atoms with Gasteiger partial charge < -0.3 is 9.15 Å². The fraction of sp³-hybridized carbons (Fsp3) is 0.0500. The average Bonchev–Trinajstić information content (AvgIpc) is 3.06. The predicted molar refractivity (Wildman–Crippen MR) is 120 cm³/mol. The van der Waals surface area contributed by atoms with Crippen molar-refractivity contribution >= 4 is 75.6 Å². The maximum absolute atomic E-state index is 12.2. The number of halogens is 4. The van der Waals surface area contributed by atoms with Crippen LogP contribution in [0.1, 0.15) is 21.9 Å². The van der Waals surface area contributed by atoms with E-state index in [-0.39, 0.29) is 12.4 Å². The highest BCUT2D eigenvalue weighted by atomic mass is 79.9. The van der Waals surface area contributed by atoms with Crippen LogP contribution in [0.25, 0.3) is 6.08 Å². The maximum atomic E-state index is 12.2. The number of ether oxygens (including phenoxy) is 1. The topological polar surface area (TPSA) is 39.4 Å². The lowest BCUT2D eigenvalue weighted by atomic mass is 10.1. The fourth-order valence-electron chi connectivity index (χ4n) is 2.27. The molecule has 0 saturated heterocycles. The first-order chi connectivity index (χ1) is 12.9. The number of furan rings is 1. The Kier molecular flexibility index (Phi) is 7.14. The Balaban J connectivity index is 1.64. The average molecular weight is 620 g/mol. The SMILES string of the molecule is O=C(/C=C/c1ccc(COc2c(Br)cc(Br)cc2Br)o1)c1cccc(Br)c1. The van der Waals surface area contributed by atoms with Gasteiger partial charge in [0.25, 0.3) is 0 Å². The lowest BCUT2D eigenvalue weighted by Gasteiger charge is -2.09. The first kappa shape index (κ1) is 20.6. The van der Waals surface area contributed by atoms with Crippen molar-refractivity contribution in [1.29, 1.82) is 0 Å². The van der Waals surface area contributed by atoms with Gasteiger partial charge in [-0.2, -0.15) is 0 Å². The third-order valence-electron chi connectivity index (χ3n) is 3.51. The van der Waals surface area contributed by atoms with Crippen LogP contribution in [0.3, 0.4) is 0 Å². The van der Waals surface area contributed by atoms with Crippen LogP contribution < -0.4 is 4.74 Å². The van der Waals surface area contributed by atoms with Gasteiger partial charge in [-0.15, -0.1) is 0 Å². The van der Waals surface area contributed by atoms with E-state index in [0.717, 1.165) is 17.9 Å². The fourth-order valence-corrected chi connectivity index (χ4v) is 5.15. The van der Waals surface area contributed by atoms with Crippen molar-refractivity contribution in [2.24, 2.45) is 0 Å². The van der Waals surface area contributed by atoms with Crippen LogP contribution in [-0.4, -0.2) is 5.78 Å². The van der Waals surface area contributed by atoms with Crippen LogP contribution in [0.2, 0.25) is 0 Å². The number of rotatable bonds is 6. The van der Waals surface area contributed by atoms with Crippen molar-refractivity contribution in [3.05, 3.63) is 89.6 Å². The van der Waals surface area contributed by atoms with Gasteiger partial charge >= 0.3 is 0 Å². The Morgan fingerprint density at radius 3 is 2.41 bits per heavy atom. The Hall–Kier alpha value is -1.15. The molecular weight excluding hydrogens is 608 g/mol. The minimum absolute atomic E-state index is 0.0896. The summed E-state index contributed by atoms with van der Waals surface area (Å²) in [7, 11) is 0. The Morgan fingerprint density at radius 1 is 0.963 bits per heavy atom. The van der Waals surface area contributed by atoms with Crippen LogP contribution in [0.4, 0.5) is 0 Å². The number of hydrogen-bond donors (Lipinski definition) is 0. The molecule has 27 heavy (non-hydrogen) atoms. The standard InChI is InChI=1S/C20H12Br4O3/c21-13-3-1-2-12(8-13)19(25)7-6-15-4-5-16(27-15)11-26-20-17(23)9-14(22)10-18(20)24/h1-10H,11H2/b7-6+. The van der Waals surface area contributed by atoms with Crippen molar-refractivity contribution in [3.8, 4) is 5.75 Å². The van der Waals surface area contributed by atoms with E-state index in [4.69, 9.17) is 9.15 Å². The minimum Gasteiger partial charge on any atom is -0.483 e. The first-order valence-electron chi connectivity index (χ1n) is 7.76. The number of ketones is 1. The summed E-state index contributed by atoms with van der Waals surface area (Å²) in [4.78, 5) is 12.2. The molecule has 1 aromatic heterocycles. The Bertz CT molecular complexity index is 985. The third kappa shape index (κ3) is 5.67. The summed E-state index contributed by atoms with van der Waals surface area (Å²) in [5.74, 6) is 1.85. The van der Waals surface area contributed by atoms with E-state index in [9.17, 15) is 4.79 Å². The second-order valence-electron chi connectivity index (χ2n) is 5.50. The van der Waals surface area contributed by atoms with Crippen LogP contribution in [0.15, 0.2) is 76.9 Å². The molecule has 0 saturated carbocycles. The first-order valence-corrected chi connectivity index (χ1v) is 10.9. The van der Waals surface area contributed by atoms with Crippen LogP contribution in [-0.2, 0) is 6.61 Å². The molecule has 0 aliphatic carbocycles. The summed E-state index contributed by atoms with van der Waals surface area (Å²) in [5, 5.41) is 0. The second kappa shape index (κ2) is 9.37.